The van der Waals surface area contributed by atoms with E-state index in [0.717, 1.165) is 37.0 Å². The van der Waals surface area contributed by atoms with E-state index >= 15 is 0 Å². The molecule has 0 radical (unpaired) electrons. The van der Waals surface area contributed by atoms with Gasteiger partial charge in [0.05, 0.1) is 19.3 Å². The summed E-state index contributed by atoms with van der Waals surface area (Å²) in [7, 11) is 0. The van der Waals surface area contributed by atoms with Gasteiger partial charge in [0.2, 0.25) is 0 Å². The number of hydrogen-bond acceptors (Lipinski definition) is 3. The number of nitrogens with zero attached hydrogens (tertiary/aromatic N) is 1. The molecule has 1 fully saturated rings. The minimum Gasteiger partial charge on any atom is -0.493 e. The molecule has 0 spiro atoms. The molecule has 3 rings (SSSR count). The maximum atomic E-state index is 12.5. The van der Waals surface area contributed by atoms with Crippen LogP contribution in [0.4, 0.5) is 4.79 Å². The van der Waals surface area contributed by atoms with Crippen molar-refractivity contribution >= 4 is 17.6 Å². The van der Waals surface area contributed by atoms with Gasteiger partial charge in [0, 0.05) is 23.2 Å². The fraction of sp³-hybridized carbons (Fsp3) is 0.562. The minimum atomic E-state index is -0.107. The van der Waals surface area contributed by atoms with E-state index in [2.05, 4.69) is 5.32 Å². The van der Waals surface area contributed by atoms with Crippen LogP contribution in [0.5, 0.6) is 5.75 Å². The lowest BCUT2D eigenvalue weighted by molar-refractivity contribution is 0.170. The van der Waals surface area contributed by atoms with Crippen molar-refractivity contribution in [1.29, 1.82) is 0 Å². The number of benzene rings is 1. The van der Waals surface area contributed by atoms with Gasteiger partial charge in [0.25, 0.3) is 0 Å². The maximum absolute atomic E-state index is 12.5. The molecule has 1 aliphatic carbocycles. The quantitative estimate of drug-likeness (QED) is 0.895. The van der Waals surface area contributed by atoms with Crippen molar-refractivity contribution in [3.05, 3.63) is 28.8 Å². The first-order valence-electron chi connectivity index (χ1n) is 7.79. The Balaban J connectivity index is 1.75. The number of rotatable bonds is 4. The number of aliphatic hydroxyl groups is 1. The number of amides is 2. The molecule has 1 saturated carbocycles. The lowest BCUT2D eigenvalue weighted by atomic mass is 10.0. The van der Waals surface area contributed by atoms with Crippen LogP contribution in [0.15, 0.2) is 18.2 Å². The fourth-order valence-corrected chi connectivity index (χ4v) is 3.03. The Morgan fingerprint density at radius 2 is 2.23 bits per heavy atom. The van der Waals surface area contributed by atoms with Crippen LogP contribution in [-0.4, -0.2) is 41.8 Å². The van der Waals surface area contributed by atoms with Gasteiger partial charge in [-0.3, -0.25) is 0 Å². The number of ether oxygens (including phenoxy) is 1. The number of carbonyl (C=O) groups is 1. The third-order valence-electron chi connectivity index (χ3n) is 4.13. The molecule has 0 saturated heterocycles. The van der Waals surface area contributed by atoms with Gasteiger partial charge in [0.15, 0.2) is 0 Å². The van der Waals surface area contributed by atoms with Gasteiger partial charge in [0.1, 0.15) is 5.75 Å². The third kappa shape index (κ3) is 3.47. The summed E-state index contributed by atoms with van der Waals surface area (Å²) in [6.07, 6.45) is 3.75. The molecular weight excluding hydrogens is 304 g/mol. The van der Waals surface area contributed by atoms with Crippen molar-refractivity contribution in [2.75, 3.05) is 19.8 Å². The van der Waals surface area contributed by atoms with Crippen molar-refractivity contribution in [3.8, 4) is 5.75 Å². The van der Waals surface area contributed by atoms with Crippen molar-refractivity contribution in [2.24, 2.45) is 0 Å². The summed E-state index contributed by atoms with van der Waals surface area (Å²) in [6, 6.07) is 5.63. The molecular formula is C16H21ClN2O3. The molecule has 2 amide bonds. The SMILES string of the molecule is O=C(NC1CCCOc2cc(Cl)ccc21)N(CCO)C1CC1. The minimum absolute atomic E-state index is 0.0100. The van der Waals surface area contributed by atoms with Crippen molar-refractivity contribution in [2.45, 2.75) is 37.8 Å². The van der Waals surface area contributed by atoms with Crippen LogP contribution in [0.1, 0.15) is 37.3 Å². The van der Waals surface area contributed by atoms with Crippen LogP contribution in [-0.2, 0) is 0 Å². The van der Waals surface area contributed by atoms with Crippen LogP contribution in [0.25, 0.3) is 0 Å². The van der Waals surface area contributed by atoms with E-state index < -0.39 is 0 Å². The van der Waals surface area contributed by atoms with E-state index in [1.165, 1.54) is 0 Å². The Morgan fingerprint density at radius 1 is 1.41 bits per heavy atom. The van der Waals surface area contributed by atoms with E-state index in [0.29, 0.717) is 18.2 Å². The maximum Gasteiger partial charge on any atom is 0.318 e. The van der Waals surface area contributed by atoms with E-state index in [4.69, 9.17) is 21.4 Å². The Labute approximate surface area is 135 Å². The van der Waals surface area contributed by atoms with Crippen molar-refractivity contribution < 1.29 is 14.6 Å². The molecule has 2 N–H and O–H groups in total. The zero-order valence-corrected chi connectivity index (χ0v) is 13.2. The second-order valence-corrected chi connectivity index (χ2v) is 6.26. The van der Waals surface area contributed by atoms with Gasteiger partial charge in [-0.1, -0.05) is 17.7 Å². The van der Waals surface area contributed by atoms with Crippen LogP contribution >= 0.6 is 11.6 Å². The third-order valence-corrected chi connectivity index (χ3v) is 4.37. The summed E-state index contributed by atoms with van der Waals surface area (Å²) in [5.74, 6) is 0.746. The number of aliphatic hydroxyl groups excluding tert-OH is 1. The van der Waals surface area contributed by atoms with E-state index in [-0.39, 0.29) is 24.7 Å². The molecule has 1 aliphatic heterocycles. The highest BCUT2D eigenvalue weighted by Gasteiger charge is 2.33. The summed E-state index contributed by atoms with van der Waals surface area (Å²) in [4.78, 5) is 14.2. The molecule has 6 heteroatoms. The highest BCUT2D eigenvalue weighted by atomic mass is 35.5. The van der Waals surface area contributed by atoms with Gasteiger partial charge in [-0.25, -0.2) is 4.79 Å². The van der Waals surface area contributed by atoms with E-state index in [1.807, 2.05) is 12.1 Å². The Morgan fingerprint density at radius 3 is 2.95 bits per heavy atom. The number of halogens is 1. The molecule has 0 bridgehead atoms. The van der Waals surface area contributed by atoms with Crippen molar-refractivity contribution in [1.82, 2.24) is 10.2 Å². The lowest BCUT2D eigenvalue weighted by Gasteiger charge is -2.26. The van der Waals surface area contributed by atoms with Crippen LogP contribution in [0, 0.1) is 0 Å². The smallest absolute Gasteiger partial charge is 0.318 e. The van der Waals surface area contributed by atoms with Crippen LogP contribution in [0.2, 0.25) is 5.02 Å². The first-order valence-corrected chi connectivity index (χ1v) is 8.17. The average Bonchev–Trinajstić information content (AvgIpc) is 3.32. The molecule has 5 nitrogen and oxygen atoms in total. The van der Waals surface area contributed by atoms with Gasteiger partial charge in [-0.15, -0.1) is 0 Å². The zero-order valence-electron chi connectivity index (χ0n) is 12.4. The highest BCUT2D eigenvalue weighted by molar-refractivity contribution is 6.30. The van der Waals surface area contributed by atoms with Crippen LogP contribution < -0.4 is 10.1 Å². The first kappa shape index (κ1) is 15.4. The number of urea groups is 1. The van der Waals surface area contributed by atoms with E-state index in [1.54, 1.807) is 11.0 Å². The largest absolute Gasteiger partial charge is 0.493 e. The molecule has 1 aromatic rings. The van der Waals surface area contributed by atoms with Gasteiger partial charge < -0.3 is 20.1 Å². The molecule has 1 unspecified atom stereocenters. The number of nitrogens with one attached hydrogen (secondary N) is 1. The molecule has 0 aromatic heterocycles. The fourth-order valence-electron chi connectivity index (χ4n) is 2.87. The van der Waals surface area contributed by atoms with Crippen LogP contribution in [0.3, 0.4) is 0 Å². The molecule has 1 aromatic carbocycles. The van der Waals surface area contributed by atoms with Gasteiger partial charge in [-0.05, 0) is 37.8 Å². The predicted molar refractivity (Wildman–Crippen MR) is 84.3 cm³/mol. The molecule has 2 aliphatic rings. The average molecular weight is 325 g/mol. The second kappa shape index (κ2) is 6.75. The first-order chi connectivity index (χ1) is 10.7. The van der Waals surface area contributed by atoms with Crippen molar-refractivity contribution in [3.63, 3.8) is 0 Å². The Bertz CT molecular complexity index is 548. The predicted octanol–water partition coefficient (Wildman–Crippen LogP) is 2.72. The summed E-state index contributed by atoms with van der Waals surface area (Å²) in [5.41, 5.74) is 0.968. The monoisotopic (exact) mass is 324 g/mol. The highest BCUT2D eigenvalue weighted by Crippen LogP contribution is 2.34. The number of hydrogen-bond donors (Lipinski definition) is 2. The normalized spacial score (nSPS) is 20.5. The summed E-state index contributed by atoms with van der Waals surface area (Å²) < 4.78 is 5.72. The zero-order chi connectivity index (χ0) is 15.5. The summed E-state index contributed by atoms with van der Waals surface area (Å²) in [6.45, 7) is 1.000. The topological polar surface area (TPSA) is 61.8 Å². The Kier molecular flexibility index (Phi) is 4.74. The molecule has 120 valence electrons. The van der Waals surface area contributed by atoms with E-state index in [9.17, 15) is 4.79 Å². The lowest BCUT2D eigenvalue weighted by Crippen LogP contribution is -2.44. The second-order valence-electron chi connectivity index (χ2n) is 5.82. The molecule has 22 heavy (non-hydrogen) atoms. The molecule has 1 atom stereocenters. The summed E-state index contributed by atoms with van der Waals surface area (Å²) >= 11 is 6.02. The summed E-state index contributed by atoms with van der Waals surface area (Å²) in [5, 5.41) is 12.9. The number of carbonyl (C=O) groups excluding carboxylic acids is 1. The standard InChI is InChI=1S/C16H21ClN2O3/c17-11-3-6-13-14(2-1-9-22-15(13)10-11)18-16(21)19(7-8-20)12-4-5-12/h3,6,10,12,14,20H,1-2,4-5,7-9H2,(H,18,21). The van der Waals surface area contributed by atoms with Gasteiger partial charge in [-0.2, -0.15) is 0 Å². The Hall–Kier alpha value is -1.46. The molecule has 1 heterocycles. The number of fused-ring (bicyclic) bond motifs is 1. The van der Waals surface area contributed by atoms with Gasteiger partial charge >= 0.3 is 6.03 Å².